The monoisotopic (exact) mass is 408 g/mol. The number of nitrogens with one attached hydrogen (secondary N) is 1. The molecule has 9 heteroatoms. The van der Waals surface area contributed by atoms with Crippen molar-refractivity contribution in [1.82, 2.24) is 0 Å². The lowest BCUT2D eigenvalue weighted by Gasteiger charge is -2.26. The Morgan fingerprint density at radius 3 is 2.64 bits per heavy atom. The fourth-order valence-corrected chi connectivity index (χ4v) is 6.56. The van der Waals surface area contributed by atoms with Crippen molar-refractivity contribution in [2.75, 3.05) is 30.6 Å². The van der Waals surface area contributed by atoms with Gasteiger partial charge in [0.05, 0.1) is 37.5 Å². The van der Waals surface area contributed by atoms with Crippen LogP contribution < -0.4 is 14.4 Å². The number of thioether (sulfide) groups is 1. The summed E-state index contributed by atoms with van der Waals surface area (Å²) in [6.45, 7) is 0. The maximum Gasteiger partial charge on any atom is 0.161 e. The largest absolute Gasteiger partial charge is 0.497 e. The molecular weight excluding hydrogens is 392 g/mol. The summed E-state index contributed by atoms with van der Waals surface area (Å²) in [4.78, 5) is 1.75. The second-order valence-corrected chi connectivity index (χ2v) is 8.40. The molecule has 0 amide bonds. The maximum atomic E-state index is 11.8. The number of amidine groups is 1. The van der Waals surface area contributed by atoms with Crippen LogP contribution in [0, 0.1) is 5.41 Å². The number of halogens is 1. The van der Waals surface area contributed by atoms with E-state index in [1.54, 1.807) is 37.3 Å². The van der Waals surface area contributed by atoms with Gasteiger partial charge in [0.1, 0.15) is 11.5 Å². The van der Waals surface area contributed by atoms with Crippen LogP contribution in [-0.2, 0) is 9.84 Å². The first-order chi connectivity index (χ1) is 9.95. The van der Waals surface area contributed by atoms with Crippen molar-refractivity contribution in [3.63, 3.8) is 0 Å². The number of rotatable bonds is 3. The van der Waals surface area contributed by atoms with E-state index in [2.05, 4.69) is 0 Å². The van der Waals surface area contributed by atoms with E-state index < -0.39 is 9.84 Å². The van der Waals surface area contributed by atoms with Gasteiger partial charge >= 0.3 is 0 Å². The Labute approximate surface area is 144 Å². The Morgan fingerprint density at radius 2 is 2.00 bits per heavy atom. The highest BCUT2D eigenvalue weighted by atomic mass is 79.9. The van der Waals surface area contributed by atoms with Gasteiger partial charge in [0.2, 0.25) is 0 Å². The van der Waals surface area contributed by atoms with Crippen LogP contribution in [-0.4, -0.2) is 50.6 Å². The smallest absolute Gasteiger partial charge is 0.161 e. The van der Waals surface area contributed by atoms with E-state index in [1.165, 1.54) is 11.8 Å². The van der Waals surface area contributed by atoms with Gasteiger partial charge in [-0.15, -0.1) is 17.0 Å². The molecule has 2 fully saturated rings. The number of hydrogen-bond donors (Lipinski definition) is 1. The minimum atomic E-state index is -3.04. The molecule has 2 saturated heterocycles. The molecule has 0 aliphatic carbocycles. The summed E-state index contributed by atoms with van der Waals surface area (Å²) in [6, 6.07) is 5.11. The summed E-state index contributed by atoms with van der Waals surface area (Å²) >= 11 is 1.31. The lowest BCUT2D eigenvalue weighted by Crippen LogP contribution is -2.37. The molecule has 6 nitrogen and oxygen atoms in total. The van der Waals surface area contributed by atoms with E-state index in [0.717, 1.165) is 0 Å². The first kappa shape index (κ1) is 17.4. The van der Waals surface area contributed by atoms with Gasteiger partial charge in [0.25, 0.3) is 0 Å². The average molecular weight is 409 g/mol. The molecule has 2 aliphatic rings. The predicted octanol–water partition coefficient (Wildman–Crippen LogP) is 1.94. The number of anilines is 1. The van der Waals surface area contributed by atoms with Crippen LogP contribution in [0.4, 0.5) is 5.69 Å². The van der Waals surface area contributed by atoms with Gasteiger partial charge in [-0.1, -0.05) is 11.8 Å². The van der Waals surface area contributed by atoms with Crippen LogP contribution in [0.2, 0.25) is 0 Å². The number of benzene rings is 1. The summed E-state index contributed by atoms with van der Waals surface area (Å²) in [6.07, 6.45) is 0. The zero-order valence-electron chi connectivity index (χ0n) is 12.1. The van der Waals surface area contributed by atoms with E-state index in [9.17, 15) is 8.42 Å². The van der Waals surface area contributed by atoms with E-state index in [4.69, 9.17) is 14.9 Å². The molecular formula is C13H17BrN2O4S2. The van der Waals surface area contributed by atoms with Crippen LogP contribution in [0.3, 0.4) is 0 Å². The number of methoxy groups -OCH3 is 2. The van der Waals surface area contributed by atoms with Crippen molar-refractivity contribution in [2.45, 2.75) is 11.3 Å². The van der Waals surface area contributed by atoms with Crippen molar-refractivity contribution in [2.24, 2.45) is 0 Å². The highest BCUT2D eigenvalue weighted by molar-refractivity contribution is 8.93. The first-order valence-corrected chi connectivity index (χ1v) is 9.12. The molecule has 22 heavy (non-hydrogen) atoms. The standard InChI is InChI=1S/C13H16N2O4S2.BrH/c1-18-8-3-4-11(19-2)9(5-8)15-10-6-21(16,17)7-12(10)20-13(15)14;/h3-5,10,12,14H,6-7H2,1-2H3;1H/t10-,12+;/m1./s1. The Bertz CT molecular complexity index is 695. The van der Waals surface area contributed by atoms with Gasteiger partial charge in [-0.2, -0.15) is 0 Å². The highest BCUT2D eigenvalue weighted by Gasteiger charge is 2.49. The van der Waals surface area contributed by atoms with Gasteiger partial charge in [-0.25, -0.2) is 8.42 Å². The summed E-state index contributed by atoms with van der Waals surface area (Å²) in [7, 11) is 0.0882. The first-order valence-electron chi connectivity index (χ1n) is 6.42. The Hall–Kier alpha value is -0.930. The van der Waals surface area contributed by atoms with Crippen molar-refractivity contribution >= 4 is 49.4 Å². The van der Waals surface area contributed by atoms with Crippen molar-refractivity contribution in [3.8, 4) is 11.5 Å². The van der Waals surface area contributed by atoms with Crippen LogP contribution >= 0.6 is 28.7 Å². The fraction of sp³-hybridized carbons (Fsp3) is 0.462. The number of ether oxygens (including phenoxy) is 2. The quantitative estimate of drug-likeness (QED) is 0.822. The number of fused-ring (bicyclic) bond motifs is 1. The van der Waals surface area contributed by atoms with Gasteiger partial charge in [-0.05, 0) is 12.1 Å². The lowest BCUT2D eigenvalue weighted by atomic mass is 10.2. The average Bonchev–Trinajstić information content (AvgIpc) is 2.88. The van der Waals surface area contributed by atoms with Crippen LogP contribution in [0.15, 0.2) is 18.2 Å². The molecule has 2 aliphatic heterocycles. The van der Waals surface area contributed by atoms with Gasteiger partial charge in [0, 0.05) is 11.3 Å². The van der Waals surface area contributed by atoms with Crippen LogP contribution in [0.25, 0.3) is 0 Å². The van der Waals surface area contributed by atoms with Crippen molar-refractivity contribution < 1.29 is 17.9 Å². The molecule has 0 spiro atoms. The zero-order valence-corrected chi connectivity index (χ0v) is 15.5. The van der Waals surface area contributed by atoms with Crippen LogP contribution in [0.1, 0.15) is 0 Å². The third-order valence-corrected chi connectivity index (χ3v) is 6.86. The predicted molar refractivity (Wildman–Crippen MR) is 93.9 cm³/mol. The molecule has 1 N–H and O–H groups in total. The summed E-state index contributed by atoms with van der Waals surface area (Å²) < 4.78 is 34.3. The van der Waals surface area contributed by atoms with Crippen LogP contribution in [0.5, 0.6) is 11.5 Å². The molecule has 0 unspecified atom stereocenters. The minimum Gasteiger partial charge on any atom is -0.497 e. The molecule has 1 aromatic rings. The topological polar surface area (TPSA) is 79.7 Å². The molecule has 0 saturated carbocycles. The Balaban J connectivity index is 0.00000176. The van der Waals surface area contributed by atoms with Crippen molar-refractivity contribution in [3.05, 3.63) is 18.2 Å². The van der Waals surface area contributed by atoms with Gasteiger partial charge in [0.15, 0.2) is 15.0 Å². The van der Waals surface area contributed by atoms with E-state index >= 15 is 0 Å². The summed E-state index contributed by atoms with van der Waals surface area (Å²) in [5, 5.41) is 8.44. The third kappa shape index (κ3) is 2.93. The van der Waals surface area contributed by atoms with E-state index in [0.29, 0.717) is 22.4 Å². The second kappa shape index (κ2) is 6.29. The number of nitrogens with zero attached hydrogens (tertiary/aromatic N) is 1. The molecule has 0 radical (unpaired) electrons. The van der Waals surface area contributed by atoms with E-state index in [1.807, 2.05) is 0 Å². The SMILES string of the molecule is Br.COc1ccc(OC)c(N2C(=N)S[C@H]3CS(=O)(=O)C[C@H]32)c1. The highest BCUT2D eigenvalue weighted by Crippen LogP contribution is 2.44. The second-order valence-electron chi connectivity index (χ2n) is 5.01. The summed E-state index contributed by atoms with van der Waals surface area (Å²) in [5.41, 5.74) is 0.680. The zero-order chi connectivity index (χ0) is 15.2. The van der Waals surface area contributed by atoms with E-state index in [-0.39, 0.29) is 39.8 Å². The normalized spacial score (nSPS) is 25.5. The molecule has 0 aromatic heterocycles. The molecule has 122 valence electrons. The third-order valence-electron chi connectivity index (χ3n) is 3.73. The fourth-order valence-electron chi connectivity index (χ4n) is 2.77. The molecule has 2 atom stereocenters. The molecule has 1 aromatic carbocycles. The molecule has 2 heterocycles. The Kier molecular flexibility index (Phi) is 4.98. The number of hydrogen-bond acceptors (Lipinski definition) is 6. The Morgan fingerprint density at radius 1 is 1.27 bits per heavy atom. The van der Waals surface area contributed by atoms with Gasteiger partial charge < -0.3 is 14.4 Å². The minimum absolute atomic E-state index is 0. The number of sulfone groups is 1. The maximum absolute atomic E-state index is 11.8. The van der Waals surface area contributed by atoms with Crippen molar-refractivity contribution in [1.29, 1.82) is 5.41 Å². The lowest BCUT2D eigenvalue weighted by molar-refractivity contribution is 0.403. The molecule has 3 rings (SSSR count). The molecule has 0 bridgehead atoms. The summed E-state index contributed by atoms with van der Waals surface area (Å²) in [5.74, 6) is 1.46. The van der Waals surface area contributed by atoms with Gasteiger partial charge in [-0.3, -0.25) is 5.41 Å².